The number of nitrogens with zero attached hydrogens (tertiary/aromatic N) is 3. The second kappa shape index (κ2) is 6.94. The maximum atomic E-state index is 13.2. The van der Waals surface area contributed by atoms with Crippen molar-refractivity contribution in [2.24, 2.45) is 0 Å². The van der Waals surface area contributed by atoms with Gasteiger partial charge in [-0.2, -0.15) is 4.31 Å². The Bertz CT molecular complexity index is 1080. The van der Waals surface area contributed by atoms with Crippen LogP contribution in [0.5, 0.6) is 0 Å². The fourth-order valence-electron chi connectivity index (χ4n) is 3.67. The molecule has 1 fully saturated rings. The van der Waals surface area contributed by atoms with Crippen LogP contribution in [-0.4, -0.2) is 43.9 Å². The molecule has 0 saturated carbocycles. The molecule has 2 heterocycles. The molecule has 0 spiro atoms. The van der Waals surface area contributed by atoms with Crippen molar-refractivity contribution in [3.05, 3.63) is 65.9 Å². The molecule has 27 heavy (non-hydrogen) atoms. The molecule has 1 saturated heterocycles. The van der Waals surface area contributed by atoms with Gasteiger partial charge in [-0.05, 0) is 43.2 Å². The smallest absolute Gasteiger partial charge is 0.245 e. The summed E-state index contributed by atoms with van der Waals surface area (Å²) in [5, 5.41) is 0.840. The molecule has 1 aliphatic heterocycles. The SMILES string of the molecule is Cc1cccc(N2CCN(S(=O)(=O)c3cccc4cccnc34)CC2)c1C. The van der Waals surface area contributed by atoms with E-state index >= 15 is 0 Å². The summed E-state index contributed by atoms with van der Waals surface area (Å²) in [4.78, 5) is 6.88. The van der Waals surface area contributed by atoms with E-state index < -0.39 is 10.0 Å². The molecular weight excluding hydrogens is 358 g/mol. The summed E-state index contributed by atoms with van der Waals surface area (Å²) < 4.78 is 28.0. The van der Waals surface area contributed by atoms with Gasteiger partial charge >= 0.3 is 0 Å². The second-order valence-electron chi connectivity index (χ2n) is 6.94. The first-order chi connectivity index (χ1) is 13.0. The number of aryl methyl sites for hydroxylation is 1. The van der Waals surface area contributed by atoms with Gasteiger partial charge in [0.1, 0.15) is 4.90 Å². The minimum Gasteiger partial charge on any atom is -0.369 e. The van der Waals surface area contributed by atoms with Crippen molar-refractivity contribution in [3.8, 4) is 0 Å². The van der Waals surface area contributed by atoms with E-state index in [2.05, 4.69) is 41.9 Å². The number of piperazine rings is 1. The second-order valence-corrected chi connectivity index (χ2v) is 8.85. The maximum Gasteiger partial charge on any atom is 0.245 e. The van der Waals surface area contributed by atoms with Gasteiger partial charge in [0, 0.05) is 43.4 Å². The van der Waals surface area contributed by atoms with Crippen LogP contribution in [-0.2, 0) is 10.0 Å². The Morgan fingerprint density at radius 1 is 0.889 bits per heavy atom. The molecule has 1 aliphatic rings. The van der Waals surface area contributed by atoms with Gasteiger partial charge in [-0.3, -0.25) is 4.98 Å². The number of anilines is 1. The number of hydrogen-bond acceptors (Lipinski definition) is 4. The van der Waals surface area contributed by atoms with Gasteiger partial charge in [0.05, 0.1) is 5.52 Å². The zero-order chi connectivity index (χ0) is 19.0. The Morgan fingerprint density at radius 3 is 2.37 bits per heavy atom. The molecule has 0 unspecified atom stereocenters. The average molecular weight is 382 g/mol. The van der Waals surface area contributed by atoms with Gasteiger partial charge < -0.3 is 4.90 Å². The van der Waals surface area contributed by atoms with E-state index in [9.17, 15) is 8.42 Å². The topological polar surface area (TPSA) is 53.5 Å². The minimum atomic E-state index is -3.57. The van der Waals surface area contributed by atoms with Gasteiger partial charge in [-0.1, -0.05) is 30.3 Å². The Kier molecular flexibility index (Phi) is 4.61. The normalized spacial score (nSPS) is 16.0. The number of para-hydroxylation sites is 1. The van der Waals surface area contributed by atoms with Crippen LogP contribution >= 0.6 is 0 Å². The Hall–Kier alpha value is -2.44. The lowest BCUT2D eigenvalue weighted by Crippen LogP contribution is -2.48. The molecule has 1 aromatic heterocycles. The summed E-state index contributed by atoms with van der Waals surface area (Å²) in [5.74, 6) is 0. The monoisotopic (exact) mass is 381 g/mol. The summed E-state index contributed by atoms with van der Waals surface area (Å²) >= 11 is 0. The Balaban J connectivity index is 1.59. The van der Waals surface area contributed by atoms with Gasteiger partial charge in [0.2, 0.25) is 10.0 Å². The van der Waals surface area contributed by atoms with E-state index in [0.717, 1.165) is 5.39 Å². The third kappa shape index (κ3) is 3.19. The molecular formula is C21H23N3O2S. The molecule has 6 heteroatoms. The molecule has 0 bridgehead atoms. The van der Waals surface area contributed by atoms with E-state index in [1.54, 1.807) is 22.6 Å². The Morgan fingerprint density at radius 2 is 1.59 bits per heavy atom. The molecule has 2 aromatic carbocycles. The molecule has 0 radical (unpaired) electrons. The Labute approximate surface area is 160 Å². The van der Waals surface area contributed by atoms with E-state index in [4.69, 9.17) is 0 Å². The molecule has 4 rings (SSSR count). The highest BCUT2D eigenvalue weighted by molar-refractivity contribution is 7.89. The van der Waals surface area contributed by atoms with Crippen molar-refractivity contribution in [2.75, 3.05) is 31.1 Å². The third-order valence-corrected chi connectivity index (χ3v) is 7.30. The summed E-state index contributed by atoms with van der Waals surface area (Å²) in [6, 6.07) is 15.3. The van der Waals surface area contributed by atoms with Crippen LogP contribution in [0, 0.1) is 13.8 Å². The van der Waals surface area contributed by atoms with Gasteiger partial charge in [0.25, 0.3) is 0 Å². The lowest BCUT2D eigenvalue weighted by Gasteiger charge is -2.36. The summed E-state index contributed by atoms with van der Waals surface area (Å²) in [7, 11) is -3.57. The molecule has 0 aliphatic carbocycles. The highest BCUT2D eigenvalue weighted by Crippen LogP contribution is 2.27. The molecule has 5 nitrogen and oxygen atoms in total. The molecule has 0 N–H and O–H groups in total. The highest BCUT2D eigenvalue weighted by Gasteiger charge is 2.30. The van der Waals surface area contributed by atoms with Crippen LogP contribution in [0.1, 0.15) is 11.1 Å². The molecule has 3 aromatic rings. The maximum absolute atomic E-state index is 13.2. The van der Waals surface area contributed by atoms with E-state index in [0.29, 0.717) is 36.6 Å². The number of benzene rings is 2. The van der Waals surface area contributed by atoms with Crippen molar-refractivity contribution in [3.63, 3.8) is 0 Å². The van der Waals surface area contributed by atoms with Crippen molar-refractivity contribution >= 4 is 26.6 Å². The highest BCUT2D eigenvalue weighted by atomic mass is 32.2. The summed E-state index contributed by atoms with van der Waals surface area (Å²) in [6.07, 6.45) is 1.64. The fourth-order valence-corrected chi connectivity index (χ4v) is 5.26. The van der Waals surface area contributed by atoms with Gasteiger partial charge in [0.15, 0.2) is 0 Å². The van der Waals surface area contributed by atoms with Crippen LogP contribution in [0.4, 0.5) is 5.69 Å². The standard InChI is InChI=1S/C21H23N3O2S/c1-16-6-3-9-19(17(16)2)23-12-14-24(15-13-23)27(25,26)20-10-4-7-18-8-5-11-22-21(18)20/h3-11H,12-15H2,1-2H3. The van der Waals surface area contributed by atoms with E-state index in [-0.39, 0.29) is 0 Å². The van der Waals surface area contributed by atoms with Gasteiger partial charge in [-0.25, -0.2) is 8.42 Å². The van der Waals surface area contributed by atoms with Crippen molar-refractivity contribution in [1.29, 1.82) is 0 Å². The van der Waals surface area contributed by atoms with Crippen LogP contribution < -0.4 is 4.90 Å². The van der Waals surface area contributed by atoms with Crippen LogP contribution in [0.3, 0.4) is 0 Å². The zero-order valence-corrected chi connectivity index (χ0v) is 16.4. The summed E-state index contributed by atoms with van der Waals surface area (Å²) in [5.41, 5.74) is 4.24. The quantitative estimate of drug-likeness (QED) is 0.698. The lowest BCUT2D eigenvalue weighted by atomic mass is 10.1. The van der Waals surface area contributed by atoms with Gasteiger partial charge in [-0.15, -0.1) is 0 Å². The molecule has 0 atom stereocenters. The number of hydrogen-bond donors (Lipinski definition) is 0. The fraction of sp³-hybridized carbons (Fsp3) is 0.286. The largest absolute Gasteiger partial charge is 0.369 e. The van der Waals surface area contributed by atoms with Crippen LogP contribution in [0.2, 0.25) is 0 Å². The number of fused-ring (bicyclic) bond motifs is 1. The van der Waals surface area contributed by atoms with E-state index in [1.807, 2.05) is 18.2 Å². The third-order valence-electron chi connectivity index (χ3n) is 5.37. The minimum absolute atomic E-state index is 0.292. The first-order valence-corrected chi connectivity index (χ1v) is 10.6. The number of rotatable bonds is 3. The molecule has 140 valence electrons. The first kappa shape index (κ1) is 17.9. The molecule has 0 amide bonds. The van der Waals surface area contributed by atoms with Crippen LogP contribution in [0.15, 0.2) is 59.6 Å². The zero-order valence-electron chi connectivity index (χ0n) is 15.6. The number of sulfonamides is 1. The predicted octanol–water partition coefficient (Wildman–Crippen LogP) is 3.36. The summed E-state index contributed by atoms with van der Waals surface area (Å²) in [6.45, 7) is 6.53. The number of pyridine rings is 1. The van der Waals surface area contributed by atoms with Crippen molar-refractivity contribution in [2.45, 2.75) is 18.7 Å². The number of aromatic nitrogens is 1. The average Bonchev–Trinajstić information content (AvgIpc) is 2.70. The van der Waals surface area contributed by atoms with Crippen molar-refractivity contribution < 1.29 is 8.42 Å². The van der Waals surface area contributed by atoms with E-state index in [1.165, 1.54) is 16.8 Å². The first-order valence-electron chi connectivity index (χ1n) is 9.13. The lowest BCUT2D eigenvalue weighted by molar-refractivity contribution is 0.385. The predicted molar refractivity (Wildman–Crippen MR) is 109 cm³/mol. The van der Waals surface area contributed by atoms with Crippen LogP contribution in [0.25, 0.3) is 10.9 Å². The van der Waals surface area contributed by atoms with Crippen molar-refractivity contribution in [1.82, 2.24) is 9.29 Å².